The summed E-state index contributed by atoms with van der Waals surface area (Å²) in [7, 11) is -2.12. The summed E-state index contributed by atoms with van der Waals surface area (Å²) in [6.45, 7) is 0.653. The van der Waals surface area contributed by atoms with Gasteiger partial charge in [-0.2, -0.15) is 4.31 Å². The first-order valence-electron chi connectivity index (χ1n) is 8.99. The molecule has 0 spiro atoms. The number of carbonyl (C=O) groups excluding carboxylic acids is 3. The zero-order chi connectivity index (χ0) is 21.6. The number of rotatable bonds is 7. The molecule has 1 aliphatic rings. The van der Waals surface area contributed by atoms with Gasteiger partial charge >= 0.3 is 5.97 Å². The van der Waals surface area contributed by atoms with Gasteiger partial charge in [0, 0.05) is 38.2 Å². The lowest BCUT2D eigenvalue weighted by Crippen LogP contribution is -2.55. The molecule has 9 nitrogen and oxygen atoms in total. The molecule has 0 bridgehead atoms. The highest BCUT2D eigenvalue weighted by Crippen LogP contribution is 2.11. The van der Waals surface area contributed by atoms with Crippen molar-refractivity contribution in [2.75, 3.05) is 39.5 Å². The molecule has 1 saturated heterocycles. The van der Waals surface area contributed by atoms with Crippen LogP contribution in [0.5, 0.6) is 0 Å². The Morgan fingerprint density at radius 1 is 1.14 bits per heavy atom. The van der Waals surface area contributed by atoms with E-state index in [1.165, 1.54) is 28.4 Å². The van der Waals surface area contributed by atoms with Crippen molar-refractivity contribution in [3.63, 3.8) is 0 Å². The first kappa shape index (κ1) is 22.8. The Balaban J connectivity index is 2.08. The van der Waals surface area contributed by atoms with Gasteiger partial charge in [0.05, 0.1) is 13.4 Å². The number of halogens is 1. The lowest BCUT2D eigenvalue weighted by atomic mass is 10.1. The minimum Gasteiger partial charge on any atom is -0.469 e. The van der Waals surface area contributed by atoms with Crippen molar-refractivity contribution in [1.82, 2.24) is 14.5 Å². The highest BCUT2D eigenvalue weighted by atomic mass is 32.2. The Labute approximate surface area is 168 Å². The molecular formula is C18H24FN3O6S. The average molecular weight is 429 g/mol. The van der Waals surface area contributed by atoms with Crippen LogP contribution < -0.4 is 5.32 Å². The molecule has 1 aromatic carbocycles. The van der Waals surface area contributed by atoms with Crippen LogP contribution in [0.1, 0.15) is 23.2 Å². The molecule has 2 rings (SSSR count). The second-order valence-electron chi connectivity index (χ2n) is 6.64. The summed E-state index contributed by atoms with van der Waals surface area (Å²) < 4.78 is 42.2. The van der Waals surface area contributed by atoms with E-state index in [-0.39, 0.29) is 44.6 Å². The molecule has 1 aliphatic heterocycles. The maximum Gasteiger partial charge on any atom is 0.305 e. The molecule has 0 radical (unpaired) electrons. The third kappa shape index (κ3) is 6.50. The van der Waals surface area contributed by atoms with Gasteiger partial charge in [-0.05, 0) is 30.7 Å². The number of hydrogen-bond acceptors (Lipinski definition) is 6. The van der Waals surface area contributed by atoms with E-state index in [4.69, 9.17) is 0 Å². The quantitative estimate of drug-likeness (QED) is 0.610. The number of methoxy groups -OCH3 is 1. The highest BCUT2D eigenvalue weighted by Gasteiger charge is 2.31. The van der Waals surface area contributed by atoms with E-state index in [0.29, 0.717) is 0 Å². The van der Waals surface area contributed by atoms with E-state index >= 15 is 0 Å². The van der Waals surface area contributed by atoms with Crippen LogP contribution in [0.15, 0.2) is 24.3 Å². The van der Waals surface area contributed by atoms with Gasteiger partial charge in [-0.3, -0.25) is 14.4 Å². The third-order valence-electron chi connectivity index (χ3n) is 4.59. The first-order valence-corrected chi connectivity index (χ1v) is 10.8. The standard InChI is InChI=1S/C18H24FN3O6S/c1-28-16(23)8-7-15(20-17(24)13-3-5-14(19)6-4-13)18(25)21-9-11-22(12-10-21)29(2,26)27/h3-6,15H,7-12H2,1-2H3,(H,20,24)/t15-/m0/s1. The van der Waals surface area contributed by atoms with Gasteiger partial charge in [-0.25, -0.2) is 12.8 Å². The zero-order valence-electron chi connectivity index (χ0n) is 16.3. The number of esters is 1. The van der Waals surface area contributed by atoms with Gasteiger partial charge in [0.1, 0.15) is 11.9 Å². The lowest BCUT2D eigenvalue weighted by molar-refractivity contribution is -0.141. The summed E-state index contributed by atoms with van der Waals surface area (Å²) in [6.07, 6.45) is 1.04. The van der Waals surface area contributed by atoms with Gasteiger partial charge in [0.2, 0.25) is 15.9 Å². The number of piperazine rings is 1. The predicted octanol–water partition coefficient (Wildman–Crippen LogP) is -0.0189. The number of nitrogens with zero attached hydrogens (tertiary/aromatic N) is 2. The van der Waals surface area contributed by atoms with E-state index in [0.717, 1.165) is 18.4 Å². The van der Waals surface area contributed by atoms with Crippen molar-refractivity contribution >= 4 is 27.8 Å². The van der Waals surface area contributed by atoms with Gasteiger partial charge in [-0.15, -0.1) is 0 Å². The second kappa shape index (κ2) is 9.79. The maximum absolute atomic E-state index is 13.1. The number of hydrogen-bond donors (Lipinski definition) is 1. The Kier molecular flexibility index (Phi) is 7.68. The molecular weight excluding hydrogens is 405 g/mol. The predicted molar refractivity (Wildman–Crippen MR) is 102 cm³/mol. The van der Waals surface area contributed by atoms with Crippen LogP contribution in [0.25, 0.3) is 0 Å². The zero-order valence-corrected chi connectivity index (χ0v) is 17.1. The fourth-order valence-corrected chi connectivity index (χ4v) is 3.75. The van der Waals surface area contributed by atoms with Crippen molar-refractivity contribution in [2.45, 2.75) is 18.9 Å². The molecule has 1 N–H and O–H groups in total. The number of carbonyl (C=O) groups is 3. The van der Waals surface area contributed by atoms with Crippen LogP contribution in [0, 0.1) is 5.82 Å². The topological polar surface area (TPSA) is 113 Å². The van der Waals surface area contributed by atoms with Crippen molar-refractivity contribution in [2.24, 2.45) is 0 Å². The molecule has 160 valence electrons. The summed E-state index contributed by atoms with van der Waals surface area (Å²) in [4.78, 5) is 38.3. The number of amides is 2. The van der Waals surface area contributed by atoms with Crippen LogP contribution in [-0.2, 0) is 24.3 Å². The van der Waals surface area contributed by atoms with Gasteiger partial charge < -0.3 is 15.0 Å². The van der Waals surface area contributed by atoms with Crippen molar-refractivity contribution in [3.8, 4) is 0 Å². The Morgan fingerprint density at radius 3 is 2.24 bits per heavy atom. The van der Waals surface area contributed by atoms with Crippen LogP contribution in [0.3, 0.4) is 0 Å². The normalized spacial score (nSPS) is 16.2. The SMILES string of the molecule is COC(=O)CC[C@H](NC(=O)c1ccc(F)cc1)C(=O)N1CCN(S(C)(=O)=O)CC1. The molecule has 2 amide bonds. The summed E-state index contributed by atoms with van der Waals surface area (Å²) in [6, 6.07) is 3.83. The maximum atomic E-state index is 13.1. The van der Waals surface area contributed by atoms with Gasteiger partial charge in [0.25, 0.3) is 5.91 Å². The fourth-order valence-electron chi connectivity index (χ4n) is 2.92. The van der Waals surface area contributed by atoms with Crippen molar-refractivity contribution in [1.29, 1.82) is 0 Å². The number of nitrogens with one attached hydrogen (secondary N) is 1. The Bertz CT molecular complexity index is 851. The summed E-state index contributed by atoms with van der Waals surface area (Å²) in [5, 5.41) is 2.58. The molecule has 0 saturated carbocycles. The summed E-state index contributed by atoms with van der Waals surface area (Å²) in [5.41, 5.74) is 0.171. The first-order chi connectivity index (χ1) is 13.6. The van der Waals surface area contributed by atoms with Crippen LogP contribution in [-0.4, -0.2) is 81.0 Å². The number of ether oxygens (including phenoxy) is 1. The number of benzene rings is 1. The fraction of sp³-hybridized carbons (Fsp3) is 0.500. The third-order valence-corrected chi connectivity index (χ3v) is 5.90. The molecule has 0 unspecified atom stereocenters. The Hall–Kier alpha value is -2.53. The monoisotopic (exact) mass is 429 g/mol. The number of sulfonamides is 1. The second-order valence-corrected chi connectivity index (χ2v) is 8.62. The average Bonchev–Trinajstić information content (AvgIpc) is 2.70. The van der Waals surface area contributed by atoms with Crippen LogP contribution in [0.4, 0.5) is 4.39 Å². The van der Waals surface area contributed by atoms with Crippen LogP contribution >= 0.6 is 0 Å². The lowest BCUT2D eigenvalue weighted by Gasteiger charge is -2.35. The van der Waals surface area contributed by atoms with Crippen molar-refractivity contribution < 1.29 is 31.9 Å². The summed E-state index contributed by atoms with van der Waals surface area (Å²) in [5.74, 6) is -2.02. The molecule has 1 heterocycles. The molecule has 1 fully saturated rings. The van der Waals surface area contributed by atoms with Crippen molar-refractivity contribution in [3.05, 3.63) is 35.6 Å². The van der Waals surface area contributed by atoms with E-state index in [9.17, 15) is 27.2 Å². The largest absolute Gasteiger partial charge is 0.469 e. The molecule has 0 aromatic heterocycles. The van der Waals surface area contributed by atoms with E-state index in [1.54, 1.807) is 0 Å². The van der Waals surface area contributed by atoms with E-state index in [2.05, 4.69) is 10.1 Å². The minimum atomic E-state index is -3.34. The molecule has 0 aliphatic carbocycles. The molecule has 29 heavy (non-hydrogen) atoms. The highest BCUT2D eigenvalue weighted by molar-refractivity contribution is 7.88. The van der Waals surface area contributed by atoms with Gasteiger partial charge in [0.15, 0.2) is 0 Å². The smallest absolute Gasteiger partial charge is 0.305 e. The van der Waals surface area contributed by atoms with E-state index in [1.807, 2.05) is 0 Å². The minimum absolute atomic E-state index is 0.0186. The molecule has 11 heteroatoms. The summed E-state index contributed by atoms with van der Waals surface area (Å²) >= 11 is 0. The van der Waals surface area contributed by atoms with E-state index < -0.39 is 39.7 Å². The van der Waals surface area contributed by atoms with Crippen LogP contribution in [0.2, 0.25) is 0 Å². The molecule has 1 atom stereocenters. The van der Waals surface area contributed by atoms with Gasteiger partial charge in [-0.1, -0.05) is 0 Å². The molecule has 1 aromatic rings. The Morgan fingerprint density at radius 2 is 1.72 bits per heavy atom.